The number of imide groups is 1. The second kappa shape index (κ2) is 5.37. The largest absolute Gasteiger partial charge is 0.446 e. The van der Waals surface area contributed by atoms with Crippen LogP contribution >= 0.6 is 0 Å². The molecule has 0 aromatic carbocycles. The zero-order chi connectivity index (χ0) is 14.8. The molecular weight excluding hydrogens is 250 g/mol. The Morgan fingerprint density at radius 2 is 2.00 bits per heavy atom. The van der Waals surface area contributed by atoms with Crippen LogP contribution in [0.2, 0.25) is 0 Å². The van der Waals surface area contributed by atoms with E-state index in [2.05, 4.69) is 9.98 Å². The van der Waals surface area contributed by atoms with Crippen molar-refractivity contribution in [2.75, 3.05) is 20.7 Å². The van der Waals surface area contributed by atoms with Gasteiger partial charge >= 0.3 is 11.9 Å². The number of amides is 3. The van der Waals surface area contributed by atoms with Gasteiger partial charge in [0.2, 0.25) is 5.71 Å². The molecule has 104 valence electrons. The summed E-state index contributed by atoms with van der Waals surface area (Å²) in [7, 11) is 2.97. The molecule has 8 heteroatoms. The summed E-state index contributed by atoms with van der Waals surface area (Å²) in [6, 6.07) is -0.391. The molecule has 2 aliphatic heterocycles. The maximum Gasteiger partial charge on any atom is 0.446 e. The Balaban J connectivity index is 0.000000258. The first kappa shape index (κ1) is 15.1. The smallest absolute Gasteiger partial charge is 0.394 e. The molecule has 0 spiro atoms. The molecule has 2 heterocycles. The minimum Gasteiger partial charge on any atom is -0.394 e. The van der Waals surface area contributed by atoms with E-state index in [0.29, 0.717) is 5.84 Å². The fourth-order valence-corrected chi connectivity index (χ4v) is 1.22. The average molecular weight is 268 g/mol. The van der Waals surface area contributed by atoms with Crippen LogP contribution < -0.4 is 5.73 Å². The number of nitrogens with zero attached hydrogens (tertiary/aromatic N) is 4. The molecule has 2 aliphatic rings. The molecule has 0 atom stereocenters. The van der Waals surface area contributed by atoms with Gasteiger partial charge in [-0.05, 0) is 13.8 Å². The lowest BCUT2D eigenvalue weighted by atomic mass is 10.1. The van der Waals surface area contributed by atoms with E-state index >= 15 is 0 Å². The molecule has 0 saturated heterocycles. The van der Waals surface area contributed by atoms with Crippen molar-refractivity contribution in [1.29, 1.82) is 0 Å². The molecule has 0 aliphatic carbocycles. The summed E-state index contributed by atoms with van der Waals surface area (Å²) >= 11 is 0. The third kappa shape index (κ3) is 3.30. The van der Waals surface area contributed by atoms with Crippen LogP contribution in [0, 0.1) is 0 Å². The number of aliphatic hydroxyl groups excluding tert-OH is 1. The van der Waals surface area contributed by atoms with Crippen molar-refractivity contribution < 1.29 is 19.3 Å². The van der Waals surface area contributed by atoms with E-state index in [9.17, 15) is 9.59 Å². The zero-order valence-corrected chi connectivity index (χ0v) is 11.4. The van der Waals surface area contributed by atoms with Gasteiger partial charge in [-0.3, -0.25) is 0 Å². The van der Waals surface area contributed by atoms with Crippen molar-refractivity contribution in [3.63, 3.8) is 0 Å². The zero-order valence-electron chi connectivity index (χ0n) is 11.4. The number of carbonyl (C=O) groups excluding carboxylic acids is 2. The Bertz CT molecular complexity index is 499. The lowest BCUT2D eigenvalue weighted by Crippen LogP contribution is -2.51. The molecule has 3 N–H and O–H groups in total. The number of hydrogen-bond acceptors (Lipinski definition) is 6. The van der Waals surface area contributed by atoms with E-state index in [1.165, 1.54) is 18.0 Å². The van der Waals surface area contributed by atoms with Crippen molar-refractivity contribution in [2.45, 2.75) is 19.4 Å². The number of rotatable bonds is 1. The maximum atomic E-state index is 11.4. The van der Waals surface area contributed by atoms with Crippen LogP contribution in [0.1, 0.15) is 13.8 Å². The molecule has 3 amide bonds. The van der Waals surface area contributed by atoms with Crippen molar-refractivity contribution in [3.8, 4) is 0 Å². The van der Waals surface area contributed by atoms with E-state index in [0.717, 1.165) is 4.90 Å². The van der Waals surface area contributed by atoms with Crippen LogP contribution in [-0.2, 0) is 4.79 Å². The van der Waals surface area contributed by atoms with Crippen molar-refractivity contribution in [2.24, 2.45) is 15.7 Å². The number of aliphatic imine (C=N–C) groups is 2. The summed E-state index contributed by atoms with van der Waals surface area (Å²) in [6.07, 6.45) is 1.27. The maximum absolute atomic E-state index is 11.4. The van der Waals surface area contributed by atoms with Gasteiger partial charge in [0, 0.05) is 5.54 Å². The van der Waals surface area contributed by atoms with E-state index in [-0.39, 0.29) is 12.3 Å². The highest BCUT2D eigenvalue weighted by molar-refractivity contribution is 6.69. The Morgan fingerprint density at radius 3 is 2.47 bits per heavy atom. The van der Waals surface area contributed by atoms with Gasteiger partial charge in [-0.25, -0.2) is 14.6 Å². The van der Waals surface area contributed by atoms with Crippen LogP contribution in [0.15, 0.2) is 9.98 Å². The standard InChI is InChI=1S/C7H7N4O2.C4H11NO/c1-10-5-4(8-3-9-5)6(12)11(2)7(10)13;1-4(2,5)3-6/h3H,1-2H3;6H,3,5H2,1-2H3/q+1;. The SMILES string of the molecule is CC(C)(N)CO.CN1C(=O)C2=NC=NC2=[N+](C)C1=O. The summed E-state index contributed by atoms with van der Waals surface area (Å²) in [6.45, 7) is 3.59. The topological polar surface area (TPSA) is 111 Å². The van der Waals surface area contributed by atoms with Gasteiger partial charge in [0.05, 0.1) is 20.7 Å². The highest BCUT2D eigenvalue weighted by atomic mass is 16.3. The van der Waals surface area contributed by atoms with Crippen LogP contribution in [0.5, 0.6) is 0 Å². The molecule has 0 aromatic rings. The highest BCUT2D eigenvalue weighted by Gasteiger charge is 2.42. The minimum atomic E-state index is -0.407. The van der Waals surface area contributed by atoms with Crippen molar-refractivity contribution in [1.82, 2.24) is 4.90 Å². The van der Waals surface area contributed by atoms with Gasteiger partial charge in [-0.15, -0.1) is 0 Å². The first-order chi connectivity index (χ1) is 8.69. The molecule has 0 radical (unpaired) electrons. The molecule has 0 unspecified atom stereocenters. The lowest BCUT2D eigenvalue weighted by molar-refractivity contribution is -0.401. The number of nitrogens with two attached hydrogens (primary N) is 1. The molecule has 0 bridgehead atoms. The second-order valence-corrected chi connectivity index (χ2v) is 4.90. The summed E-state index contributed by atoms with van der Waals surface area (Å²) in [5.41, 5.74) is 5.11. The molecule has 0 aromatic heterocycles. The minimum absolute atomic E-state index is 0.0486. The van der Waals surface area contributed by atoms with E-state index in [1.54, 1.807) is 20.9 Å². The van der Waals surface area contributed by atoms with Crippen LogP contribution in [0.25, 0.3) is 0 Å². The van der Waals surface area contributed by atoms with Crippen LogP contribution in [0.4, 0.5) is 4.79 Å². The van der Waals surface area contributed by atoms with Crippen LogP contribution in [-0.4, -0.2) is 70.6 Å². The lowest BCUT2D eigenvalue weighted by Gasteiger charge is -2.15. The number of hydrogen-bond donors (Lipinski definition) is 2. The summed E-state index contributed by atoms with van der Waals surface area (Å²) in [5, 5.41) is 8.28. The van der Waals surface area contributed by atoms with Gasteiger partial charge in [-0.2, -0.15) is 9.48 Å². The monoisotopic (exact) mass is 268 g/mol. The number of urea groups is 1. The molecule has 19 heavy (non-hydrogen) atoms. The van der Waals surface area contributed by atoms with Gasteiger partial charge < -0.3 is 10.8 Å². The number of aliphatic hydroxyl groups is 1. The number of carbonyl (C=O) groups is 2. The third-order valence-electron chi connectivity index (χ3n) is 2.38. The van der Waals surface area contributed by atoms with E-state index in [1.807, 2.05) is 0 Å². The normalized spacial score (nSPS) is 18.2. The number of fused-ring (bicyclic) bond motifs is 1. The van der Waals surface area contributed by atoms with Gasteiger partial charge in [0.25, 0.3) is 5.84 Å². The fourth-order valence-electron chi connectivity index (χ4n) is 1.22. The molecule has 2 rings (SSSR count). The van der Waals surface area contributed by atoms with Crippen LogP contribution in [0.3, 0.4) is 0 Å². The Hall–Kier alpha value is -1.93. The summed E-state index contributed by atoms with van der Waals surface area (Å²) in [5.74, 6) is -0.0799. The predicted octanol–water partition coefficient (Wildman–Crippen LogP) is -1.18. The molecule has 0 fully saturated rings. The first-order valence-corrected chi connectivity index (χ1v) is 5.62. The third-order valence-corrected chi connectivity index (χ3v) is 2.38. The average Bonchev–Trinajstić information content (AvgIpc) is 2.83. The number of amidine groups is 1. The second-order valence-electron chi connectivity index (χ2n) is 4.90. The van der Waals surface area contributed by atoms with E-state index < -0.39 is 17.5 Å². The molecule has 8 nitrogen and oxygen atoms in total. The quantitative estimate of drug-likeness (QED) is 0.583. The summed E-state index contributed by atoms with van der Waals surface area (Å²) < 4.78 is 1.30. The molecule has 0 saturated carbocycles. The Morgan fingerprint density at radius 1 is 1.47 bits per heavy atom. The van der Waals surface area contributed by atoms with Gasteiger partial charge in [0.15, 0.2) is 6.34 Å². The Labute approximate surface area is 110 Å². The van der Waals surface area contributed by atoms with Crippen molar-refractivity contribution in [3.05, 3.63) is 0 Å². The van der Waals surface area contributed by atoms with Crippen molar-refractivity contribution >= 4 is 29.8 Å². The first-order valence-electron chi connectivity index (χ1n) is 5.62. The summed E-state index contributed by atoms with van der Waals surface area (Å²) in [4.78, 5) is 31.4. The highest BCUT2D eigenvalue weighted by Crippen LogP contribution is 2.06. The predicted molar refractivity (Wildman–Crippen MR) is 70.6 cm³/mol. The Kier molecular flexibility index (Phi) is 4.28. The molecular formula is C11H18N5O3+. The fraction of sp³-hybridized carbons (Fsp3) is 0.545. The van der Waals surface area contributed by atoms with E-state index in [4.69, 9.17) is 10.8 Å². The van der Waals surface area contributed by atoms with Gasteiger partial charge in [-0.1, -0.05) is 4.99 Å². The van der Waals surface area contributed by atoms with Gasteiger partial charge in [0.1, 0.15) is 0 Å².